The Labute approximate surface area is 118 Å². The molecule has 0 saturated heterocycles. The molecule has 0 spiro atoms. The molecule has 0 aromatic heterocycles. The summed E-state index contributed by atoms with van der Waals surface area (Å²) in [6, 6.07) is 0. The molecule has 118 valence electrons. The van der Waals surface area contributed by atoms with Gasteiger partial charge in [0, 0.05) is 18.8 Å². The summed E-state index contributed by atoms with van der Waals surface area (Å²) in [4.78, 5) is 30.5. The van der Waals surface area contributed by atoms with Crippen LogP contribution in [0.3, 0.4) is 0 Å². The van der Waals surface area contributed by atoms with Gasteiger partial charge >= 0.3 is 11.9 Å². The van der Waals surface area contributed by atoms with Crippen LogP contribution in [0.2, 0.25) is 0 Å². The van der Waals surface area contributed by atoms with Crippen molar-refractivity contribution in [2.45, 2.75) is 25.9 Å². The Morgan fingerprint density at radius 2 is 1.75 bits per heavy atom. The van der Waals surface area contributed by atoms with Crippen molar-refractivity contribution in [2.24, 2.45) is 5.73 Å². The SMILES string of the molecule is CCC(=O)OC(=O)CN.C[N+](C)(C)C[C@H](O)CC(=O)[O-]. The van der Waals surface area contributed by atoms with Crippen molar-refractivity contribution in [1.82, 2.24) is 0 Å². The number of carbonyl (C=O) groups excluding carboxylic acids is 3. The van der Waals surface area contributed by atoms with E-state index in [0.717, 1.165) is 0 Å². The summed E-state index contributed by atoms with van der Waals surface area (Å²) in [6.07, 6.45) is -0.888. The molecule has 0 amide bonds. The maximum Gasteiger partial charge on any atom is 0.327 e. The van der Waals surface area contributed by atoms with Crippen LogP contribution in [-0.4, -0.2) is 67.8 Å². The Balaban J connectivity index is 0. The van der Waals surface area contributed by atoms with Gasteiger partial charge in [0.05, 0.1) is 27.7 Å². The number of nitrogens with zero attached hydrogens (tertiary/aromatic N) is 1. The predicted molar refractivity (Wildman–Crippen MR) is 69.0 cm³/mol. The summed E-state index contributed by atoms with van der Waals surface area (Å²) in [5.41, 5.74) is 4.85. The summed E-state index contributed by atoms with van der Waals surface area (Å²) in [7, 11) is 5.66. The second-order valence-electron chi connectivity index (χ2n) is 5.11. The van der Waals surface area contributed by atoms with Gasteiger partial charge in [-0.3, -0.25) is 9.59 Å². The minimum absolute atomic E-state index is 0.200. The van der Waals surface area contributed by atoms with Crippen molar-refractivity contribution >= 4 is 17.9 Å². The van der Waals surface area contributed by atoms with E-state index in [-0.39, 0.29) is 19.4 Å². The van der Waals surface area contributed by atoms with E-state index in [2.05, 4.69) is 4.74 Å². The predicted octanol–water partition coefficient (Wildman–Crippen LogP) is -2.38. The molecule has 20 heavy (non-hydrogen) atoms. The molecule has 0 bridgehead atoms. The molecular weight excluding hydrogens is 268 g/mol. The molecule has 0 heterocycles. The number of quaternary nitrogens is 1. The number of aliphatic hydroxyl groups is 1. The highest BCUT2D eigenvalue weighted by Crippen LogP contribution is 1.97. The van der Waals surface area contributed by atoms with E-state index in [1.807, 2.05) is 21.1 Å². The van der Waals surface area contributed by atoms with E-state index in [1.165, 1.54) is 0 Å². The van der Waals surface area contributed by atoms with E-state index >= 15 is 0 Å². The number of aliphatic carboxylic acids is 1. The van der Waals surface area contributed by atoms with Crippen molar-refractivity contribution in [3.63, 3.8) is 0 Å². The second-order valence-corrected chi connectivity index (χ2v) is 5.11. The van der Waals surface area contributed by atoms with E-state index in [4.69, 9.17) is 10.8 Å². The van der Waals surface area contributed by atoms with E-state index in [0.29, 0.717) is 11.0 Å². The molecule has 0 rings (SSSR count). The number of aliphatic hydroxyl groups excluding tert-OH is 1. The lowest BCUT2D eigenvalue weighted by Crippen LogP contribution is -2.43. The molecule has 0 aliphatic heterocycles. The maximum absolute atomic E-state index is 10.3. The van der Waals surface area contributed by atoms with Gasteiger partial charge < -0.3 is 30.0 Å². The highest BCUT2D eigenvalue weighted by atomic mass is 16.6. The summed E-state index contributed by atoms with van der Waals surface area (Å²) in [5.74, 6) is -2.42. The first kappa shape index (κ1) is 20.8. The van der Waals surface area contributed by atoms with Crippen LogP contribution < -0.4 is 10.8 Å². The Hall–Kier alpha value is -1.51. The molecule has 0 fully saturated rings. The summed E-state index contributed by atoms with van der Waals surface area (Å²) < 4.78 is 4.70. The Morgan fingerprint density at radius 3 is 2.05 bits per heavy atom. The first-order valence-corrected chi connectivity index (χ1v) is 6.13. The van der Waals surface area contributed by atoms with E-state index in [9.17, 15) is 19.5 Å². The van der Waals surface area contributed by atoms with Gasteiger partial charge in [0.25, 0.3) is 0 Å². The molecule has 0 saturated carbocycles. The third kappa shape index (κ3) is 16.5. The van der Waals surface area contributed by atoms with Crippen LogP contribution in [-0.2, 0) is 19.1 Å². The minimum atomic E-state index is -1.20. The molecule has 8 nitrogen and oxygen atoms in total. The zero-order valence-corrected chi connectivity index (χ0v) is 12.4. The van der Waals surface area contributed by atoms with E-state index < -0.39 is 24.0 Å². The van der Waals surface area contributed by atoms with Gasteiger partial charge in [0.2, 0.25) is 0 Å². The molecule has 0 aromatic carbocycles. The smallest absolute Gasteiger partial charge is 0.327 e. The molecule has 1 atom stereocenters. The lowest BCUT2D eigenvalue weighted by atomic mass is 10.2. The van der Waals surface area contributed by atoms with Crippen LogP contribution in [0.15, 0.2) is 0 Å². The van der Waals surface area contributed by atoms with Gasteiger partial charge in [-0.1, -0.05) is 6.92 Å². The summed E-state index contributed by atoms with van der Waals surface area (Å²) in [5, 5.41) is 19.1. The van der Waals surface area contributed by atoms with Gasteiger partial charge in [-0.25, -0.2) is 0 Å². The van der Waals surface area contributed by atoms with Crippen molar-refractivity contribution in [3.05, 3.63) is 0 Å². The second kappa shape index (κ2) is 10.3. The van der Waals surface area contributed by atoms with Crippen molar-refractivity contribution in [2.75, 3.05) is 34.2 Å². The number of ether oxygens (including phenoxy) is 1. The molecule has 3 N–H and O–H groups in total. The molecule has 0 aromatic rings. The van der Waals surface area contributed by atoms with Gasteiger partial charge in [0.1, 0.15) is 12.6 Å². The van der Waals surface area contributed by atoms with Crippen molar-refractivity contribution < 1.29 is 33.8 Å². The molecule has 0 aliphatic rings. The Morgan fingerprint density at radius 1 is 1.25 bits per heavy atom. The normalized spacial score (nSPS) is 11.9. The monoisotopic (exact) mass is 292 g/mol. The Bertz CT molecular complexity index is 310. The summed E-state index contributed by atoms with van der Waals surface area (Å²) >= 11 is 0. The number of rotatable bonds is 6. The zero-order chi connectivity index (χ0) is 16.3. The number of carbonyl (C=O) groups is 3. The standard InChI is InChI=1S/C7H15NO3.C5H9NO3/c1-8(2,3)5-6(9)4-7(10)11;1-2-4(7)9-5(8)3-6/h6,9H,4-5H2,1-3H3;2-3,6H2,1H3/t6-;/m1./s1. The van der Waals surface area contributed by atoms with Crippen LogP contribution in [0.1, 0.15) is 19.8 Å². The summed E-state index contributed by atoms with van der Waals surface area (Å²) in [6.45, 7) is 1.78. The number of hydrogen-bond donors (Lipinski definition) is 2. The zero-order valence-electron chi connectivity index (χ0n) is 12.4. The maximum atomic E-state index is 10.3. The number of carboxylic acids is 1. The first-order valence-electron chi connectivity index (χ1n) is 6.13. The average Bonchev–Trinajstić information content (AvgIpc) is 2.25. The van der Waals surface area contributed by atoms with Crippen LogP contribution >= 0.6 is 0 Å². The minimum Gasteiger partial charge on any atom is -0.550 e. The third-order valence-electron chi connectivity index (χ3n) is 1.84. The molecular formula is C12H24N2O6. The van der Waals surface area contributed by atoms with Crippen LogP contribution in [0.4, 0.5) is 0 Å². The largest absolute Gasteiger partial charge is 0.550 e. The first-order chi connectivity index (χ1) is 9.01. The van der Waals surface area contributed by atoms with Crippen LogP contribution in [0.25, 0.3) is 0 Å². The fourth-order valence-corrected chi connectivity index (χ4v) is 1.13. The highest BCUT2D eigenvalue weighted by molar-refractivity contribution is 5.86. The fraction of sp³-hybridized carbons (Fsp3) is 0.750. The fourth-order valence-electron chi connectivity index (χ4n) is 1.13. The average molecular weight is 292 g/mol. The van der Waals surface area contributed by atoms with Gasteiger partial charge in [-0.15, -0.1) is 0 Å². The molecule has 8 heteroatoms. The Kier molecular flexibility index (Phi) is 10.7. The lowest BCUT2D eigenvalue weighted by Gasteiger charge is -2.26. The van der Waals surface area contributed by atoms with Gasteiger partial charge in [-0.05, 0) is 0 Å². The molecule has 0 aliphatic carbocycles. The van der Waals surface area contributed by atoms with Crippen molar-refractivity contribution in [3.8, 4) is 0 Å². The van der Waals surface area contributed by atoms with E-state index in [1.54, 1.807) is 6.92 Å². The van der Waals surface area contributed by atoms with Crippen LogP contribution in [0.5, 0.6) is 0 Å². The van der Waals surface area contributed by atoms with Gasteiger partial charge in [-0.2, -0.15) is 0 Å². The lowest BCUT2D eigenvalue weighted by molar-refractivity contribution is -0.873. The topological polar surface area (TPSA) is 130 Å². The molecule has 0 unspecified atom stereocenters. The van der Waals surface area contributed by atoms with Gasteiger partial charge in [0.15, 0.2) is 0 Å². The highest BCUT2D eigenvalue weighted by Gasteiger charge is 2.14. The molecule has 0 radical (unpaired) electrons. The number of hydrogen-bond acceptors (Lipinski definition) is 7. The van der Waals surface area contributed by atoms with Crippen molar-refractivity contribution in [1.29, 1.82) is 0 Å². The third-order valence-corrected chi connectivity index (χ3v) is 1.84. The number of likely N-dealkylation sites (N-methyl/N-ethyl adjacent to an activating group) is 1. The number of esters is 2. The number of carboxylic acid groups (broad SMARTS) is 1. The quantitative estimate of drug-likeness (QED) is 0.317. The van der Waals surface area contributed by atoms with Crippen LogP contribution in [0, 0.1) is 0 Å². The number of nitrogens with two attached hydrogens (primary N) is 1.